The van der Waals surface area contributed by atoms with Crippen LogP contribution in [0.4, 0.5) is 13.2 Å². The Balaban J connectivity index is 2.32. The number of amides is 1. The fourth-order valence-corrected chi connectivity index (χ4v) is 2.61. The van der Waals surface area contributed by atoms with Gasteiger partial charge in [-0.25, -0.2) is 0 Å². The fourth-order valence-electron chi connectivity index (χ4n) is 1.99. The first-order valence-corrected chi connectivity index (χ1v) is 6.88. The number of carbonyl (C=O) groups is 1. The molecule has 0 aliphatic heterocycles. The van der Waals surface area contributed by atoms with E-state index >= 15 is 0 Å². The molecule has 0 aliphatic rings. The van der Waals surface area contributed by atoms with Crippen molar-refractivity contribution in [1.29, 1.82) is 0 Å². The van der Waals surface area contributed by atoms with Crippen molar-refractivity contribution in [2.45, 2.75) is 12.6 Å². The number of primary amides is 1. The minimum Gasteiger partial charge on any atom is -0.366 e. The van der Waals surface area contributed by atoms with Gasteiger partial charge in [-0.1, -0.05) is 41.4 Å². The lowest BCUT2D eigenvalue weighted by Gasteiger charge is -2.11. The average Bonchev–Trinajstić information content (AvgIpc) is 2.41. The van der Waals surface area contributed by atoms with Gasteiger partial charge in [0, 0.05) is 0 Å². The maximum absolute atomic E-state index is 12.5. The molecule has 0 aromatic heterocycles. The summed E-state index contributed by atoms with van der Waals surface area (Å²) in [5.41, 5.74) is 5.67. The molecule has 22 heavy (non-hydrogen) atoms. The van der Waals surface area contributed by atoms with Gasteiger partial charge >= 0.3 is 6.18 Å². The summed E-state index contributed by atoms with van der Waals surface area (Å²) in [4.78, 5) is 11.3. The smallest absolute Gasteiger partial charge is 0.366 e. The molecule has 2 nitrogen and oxygen atoms in total. The number of hydrogen-bond acceptors (Lipinski definition) is 1. The molecular weight excluding hydrogens is 338 g/mol. The van der Waals surface area contributed by atoms with Crippen LogP contribution in [0, 0.1) is 0 Å². The first-order valence-electron chi connectivity index (χ1n) is 6.13. The molecule has 0 aliphatic carbocycles. The summed E-state index contributed by atoms with van der Waals surface area (Å²) in [6, 6.07) is 7.79. The van der Waals surface area contributed by atoms with Gasteiger partial charge in [-0.3, -0.25) is 4.79 Å². The highest BCUT2D eigenvalue weighted by atomic mass is 35.5. The van der Waals surface area contributed by atoms with E-state index in [-0.39, 0.29) is 22.0 Å². The lowest BCUT2D eigenvalue weighted by atomic mass is 10.0. The summed E-state index contributed by atoms with van der Waals surface area (Å²) in [5.74, 6) is -0.760. The third-order valence-electron chi connectivity index (χ3n) is 3.09. The number of hydrogen-bond donors (Lipinski definition) is 1. The molecule has 0 fully saturated rings. The van der Waals surface area contributed by atoms with Crippen LogP contribution in [0.15, 0.2) is 36.4 Å². The molecule has 116 valence electrons. The molecule has 0 unspecified atom stereocenters. The quantitative estimate of drug-likeness (QED) is 0.858. The van der Waals surface area contributed by atoms with Crippen LogP contribution in [0.2, 0.25) is 10.0 Å². The molecule has 0 heterocycles. The first kappa shape index (κ1) is 16.6. The number of nitrogens with two attached hydrogens (primary N) is 1. The highest BCUT2D eigenvalue weighted by molar-refractivity contribution is 6.40. The highest BCUT2D eigenvalue weighted by Gasteiger charge is 2.29. The van der Waals surface area contributed by atoms with E-state index < -0.39 is 17.6 Å². The van der Waals surface area contributed by atoms with E-state index in [4.69, 9.17) is 28.9 Å². The zero-order chi connectivity index (χ0) is 16.5. The predicted molar refractivity (Wildman–Crippen MR) is 79.2 cm³/mol. The van der Waals surface area contributed by atoms with Crippen LogP contribution < -0.4 is 5.73 Å². The minimum absolute atomic E-state index is 0.00717. The maximum atomic E-state index is 12.5. The number of benzene rings is 2. The molecule has 0 saturated carbocycles. The van der Waals surface area contributed by atoms with Gasteiger partial charge < -0.3 is 5.73 Å². The van der Waals surface area contributed by atoms with Gasteiger partial charge in [0.15, 0.2) is 0 Å². The van der Waals surface area contributed by atoms with E-state index in [1.807, 2.05) is 0 Å². The van der Waals surface area contributed by atoms with Gasteiger partial charge in [-0.2, -0.15) is 13.2 Å². The predicted octanol–water partition coefficient (Wildman–Crippen LogP) is 4.70. The zero-order valence-electron chi connectivity index (χ0n) is 11.0. The van der Waals surface area contributed by atoms with E-state index in [2.05, 4.69) is 0 Å². The highest BCUT2D eigenvalue weighted by Crippen LogP contribution is 2.31. The van der Waals surface area contributed by atoms with Crippen molar-refractivity contribution in [2.24, 2.45) is 5.73 Å². The Kier molecular flexibility index (Phi) is 4.68. The Morgan fingerprint density at radius 2 is 1.64 bits per heavy atom. The van der Waals surface area contributed by atoms with Crippen molar-refractivity contribution in [3.8, 4) is 0 Å². The lowest BCUT2D eigenvalue weighted by Crippen LogP contribution is -2.13. The summed E-state index contributed by atoms with van der Waals surface area (Å²) >= 11 is 12.0. The Bertz CT molecular complexity index is 712. The monoisotopic (exact) mass is 347 g/mol. The number of rotatable bonds is 3. The Hall–Kier alpha value is -1.72. The average molecular weight is 348 g/mol. The van der Waals surface area contributed by atoms with Crippen LogP contribution in [-0.4, -0.2) is 5.91 Å². The molecule has 2 N–H and O–H groups in total. The van der Waals surface area contributed by atoms with Crippen molar-refractivity contribution < 1.29 is 18.0 Å². The lowest BCUT2D eigenvalue weighted by molar-refractivity contribution is -0.137. The summed E-state index contributed by atoms with van der Waals surface area (Å²) in [7, 11) is 0. The van der Waals surface area contributed by atoms with Crippen LogP contribution in [0.25, 0.3) is 0 Å². The normalized spacial score (nSPS) is 11.5. The fraction of sp³-hybridized carbons (Fsp3) is 0.133. The van der Waals surface area contributed by atoms with Gasteiger partial charge in [0.2, 0.25) is 0 Å². The van der Waals surface area contributed by atoms with Crippen LogP contribution in [0.3, 0.4) is 0 Å². The third-order valence-corrected chi connectivity index (χ3v) is 3.84. The zero-order valence-corrected chi connectivity index (χ0v) is 12.6. The Morgan fingerprint density at radius 3 is 2.14 bits per heavy atom. The molecule has 2 rings (SSSR count). The molecule has 0 bridgehead atoms. The largest absolute Gasteiger partial charge is 0.416 e. The van der Waals surface area contributed by atoms with Gasteiger partial charge in [-0.15, -0.1) is 0 Å². The van der Waals surface area contributed by atoms with Crippen LogP contribution in [-0.2, 0) is 12.6 Å². The number of carbonyl (C=O) groups excluding carboxylic acids is 1. The maximum Gasteiger partial charge on any atom is 0.416 e. The first-order chi connectivity index (χ1) is 10.2. The molecule has 7 heteroatoms. The number of halogens is 5. The second kappa shape index (κ2) is 6.18. The van der Waals surface area contributed by atoms with Crippen molar-refractivity contribution in [3.05, 3.63) is 68.7 Å². The summed E-state index contributed by atoms with van der Waals surface area (Å²) in [6.07, 6.45) is -4.12. The van der Waals surface area contributed by atoms with E-state index in [1.165, 1.54) is 18.2 Å². The van der Waals surface area contributed by atoms with Gasteiger partial charge in [0.1, 0.15) is 0 Å². The third kappa shape index (κ3) is 3.54. The van der Waals surface area contributed by atoms with Gasteiger partial charge in [0.05, 0.1) is 21.2 Å². The molecule has 1 amide bonds. The van der Waals surface area contributed by atoms with E-state index in [9.17, 15) is 18.0 Å². The van der Waals surface area contributed by atoms with Crippen molar-refractivity contribution in [1.82, 2.24) is 0 Å². The van der Waals surface area contributed by atoms with Crippen molar-refractivity contribution >= 4 is 29.1 Å². The molecule has 0 atom stereocenters. The van der Waals surface area contributed by atoms with E-state index in [0.717, 1.165) is 12.1 Å². The SMILES string of the molecule is NC(=O)c1c(Cl)ccc(Cc2ccc(C(F)(F)F)cc2)c1Cl. The molecule has 0 radical (unpaired) electrons. The van der Waals surface area contributed by atoms with Crippen molar-refractivity contribution in [3.63, 3.8) is 0 Å². The molecular formula is C15H10Cl2F3NO. The minimum atomic E-state index is -4.38. The number of alkyl halides is 3. The van der Waals surface area contributed by atoms with Crippen LogP contribution in [0.5, 0.6) is 0 Å². The molecule has 2 aromatic carbocycles. The van der Waals surface area contributed by atoms with E-state index in [1.54, 1.807) is 6.07 Å². The molecule has 0 spiro atoms. The van der Waals surface area contributed by atoms with Gasteiger partial charge in [0.25, 0.3) is 5.91 Å². The van der Waals surface area contributed by atoms with Crippen molar-refractivity contribution in [2.75, 3.05) is 0 Å². The molecule has 2 aromatic rings. The Morgan fingerprint density at radius 1 is 1.05 bits per heavy atom. The summed E-state index contributed by atoms with van der Waals surface area (Å²) in [6.45, 7) is 0. The molecule has 0 saturated heterocycles. The second-order valence-corrected chi connectivity index (χ2v) is 5.42. The Labute approximate surface area is 134 Å². The topological polar surface area (TPSA) is 43.1 Å². The summed E-state index contributed by atoms with van der Waals surface area (Å²) < 4.78 is 37.5. The van der Waals surface area contributed by atoms with Crippen LogP contribution >= 0.6 is 23.2 Å². The van der Waals surface area contributed by atoms with E-state index in [0.29, 0.717) is 11.1 Å². The van der Waals surface area contributed by atoms with Gasteiger partial charge in [-0.05, 0) is 35.7 Å². The van der Waals surface area contributed by atoms with Crippen LogP contribution in [0.1, 0.15) is 27.0 Å². The summed E-state index contributed by atoms with van der Waals surface area (Å²) in [5, 5.41) is 0.244. The standard InChI is InChI=1S/C15H10Cl2F3NO/c16-11-6-3-9(13(17)12(11)14(21)22)7-8-1-4-10(5-2-8)15(18,19)20/h1-6H,7H2,(H2,21,22). The second-order valence-electron chi connectivity index (χ2n) is 4.63.